The van der Waals surface area contributed by atoms with E-state index in [1.165, 1.54) is 4.31 Å². The maximum absolute atomic E-state index is 12.4. The van der Waals surface area contributed by atoms with Gasteiger partial charge >= 0.3 is 5.97 Å². The zero-order valence-electron chi connectivity index (χ0n) is 11.1. The van der Waals surface area contributed by atoms with Gasteiger partial charge in [-0.05, 0) is 19.8 Å². The predicted octanol–water partition coefficient (Wildman–Crippen LogP) is -0.268. The largest absolute Gasteiger partial charge is 0.462 e. The zero-order valence-corrected chi connectivity index (χ0v) is 11.9. The number of aliphatic hydroxyl groups is 1. The van der Waals surface area contributed by atoms with E-state index in [1.54, 1.807) is 6.92 Å². The normalized spacial score (nSPS) is 18.1. The highest BCUT2D eigenvalue weighted by atomic mass is 32.2. The molecule has 0 radical (unpaired) electrons. The van der Waals surface area contributed by atoms with E-state index in [4.69, 9.17) is 4.74 Å². The van der Waals surface area contributed by atoms with Crippen LogP contribution in [0, 0.1) is 0 Å². The SMILES string of the molecule is CCOC(=O)c1cn[nH]c1S(=O)(=O)N1CCC(O)CC1. The number of aromatic amines is 1. The van der Waals surface area contributed by atoms with Crippen molar-refractivity contribution in [3.05, 3.63) is 11.8 Å². The summed E-state index contributed by atoms with van der Waals surface area (Å²) in [4.78, 5) is 11.7. The minimum absolute atomic E-state index is 0.0991. The Morgan fingerprint density at radius 1 is 1.55 bits per heavy atom. The number of nitrogens with zero attached hydrogens (tertiary/aromatic N) is 2. The molecule has 112 valence electrons. The number of ether oxygens (including phenoxy) is 1. The molecule has 2 N–H and O–H groups in total. The van der Waals surface area contributed by atoms with E-state index in [-0.39, 0.29) is 30.3 Å². The van der Waals surface area contributed by atoms with Gasteiger partial charge in [0.1, 0.15) is 5.56 Å². The summed E-state index contributed by atoms with van der Waals surface area (Å²) in [5.41, 5.74) is -0.0991. The Labute approximate surface area is 116 Å². The molecule has 2 rings (SSSR count). The first-order valence-corrected chi connectivity index (χ1v) is 7.79. The van der Waals surface area contributed by atoms with E-state index in [1.807, 2.05) is 0 Å². The average Bonchev–Trinajstić information content (AvgIpc) is 2.89. The lowest BCUT2D eigenvalue weighted by Crippen LogP contribution is -2.40. The third-order valence-corrected chi connectivity index (χ3v) is 4.99. The minimum Gasteiger partial charge on any atom is -0.462 e. The van der Waals surface area contributed by atoms with Gasteiger partial charge in [-0.15, -0.1) is 0 Å². The molecule has 0 amide bonds. The van der Waals surface area contributed by atoms with Gasteiger partial charge in [-0.1, -0.05) is 0 Å². The van der Waals surface area contributed by atoms with Crippen molar-refractivity contribution in [3.8, 4) is 0 Å². The highest BCUT2D eigenvalue weighted by Gasteiger charge is 2.33. The highest BCUT2D eigenvalue weighted by molar-refractivity contribution is 7.89. The van der Waals surface area contributed by atoms with E-state index < -0.39 is 22.1 Å². The first-order valence-electron chi connectivity index (χ1n) is 6.35. The summed E-state index contributed by atoms with van der Waals surface area (Å²) >= 11 is 0. The van der Waals surface area contributed by atoms with Crippen LogP contribution in [-0.2, 0) is 14.8 Å². The quantitative estimate of drug-likeness (QED) is 0.741. The molecule has 1 fully saturated rings. The molecule has 9 heteroatoms. The molecule has 0 saturated carbocycles. The lowest BCUT2D eigenvalue weighted by atomic mass is 10.1. The van der Waals surface area contributed by atoms with Crippen LogP contribution in [0.25, 0.3) is 0 Å². The molecule has 1 aromatic rings. The van der Waals surface area contributed by atoms with Crippen LogP contribution in [0.5, 0.6) is 0 Å². The van der Waals surface area contributed by atoms with Crippen LogP contribution in [0.15, 0.2) is 11.2 Å². The molecule has 0 aliphatic carbocycles. The van der Waals surface area contributed by atoms with Gasteiger partial charge in [0, 0.05) is 13.1 Å². The van der Waals surface area contributed by atoms with Gasteiger partial charge in [0.25, 0.3) is 10.0 Å². The molecule has 0 unspecified atom stereocenters. The molecule has 1 saturated heterocycles. The van der Waals surface area contributed by atoms with Crippen LogP contribution >= 0.6 is 0 Å². The number of hydrogen-bond donors (Lipinski definition) is 2. The number of piperidine rings is 1. The molecule has 1 aliphatic rings. The Balaban J connectivity index is 2.26. The van der Waals surface area contributed by atoms with Crippen molar-refractivity contribution >= 4 is 16.0 Å². The van der Waals surface area contributed by atoms with Crippen molar-refractivity contribution < 1.29 is 23.1 Å². The van der Waals surface area contributed by atoms with Crippen LogP contribution in [0.3, 0.4) is 0 Å². The van der Waals surface area contributed by atoms with Gasteiger partial charge in [-0.3, -0.25) is 5.10 Å². The Morgan fingerprint density at radius 2 is 2.20 bits per heavy atom. The van der Waals surface area contributed by atoms with E-state index >= 15 is 0 Å². The van der Waals surface area contributed by atoms with Gasteiger partial charge in [-0.25, -0.2) is 13.2 Å². The number of rotatable bonds is 4. The maximum Gasteiger partial charge on any atom is 0.342 e. The lowest BCUT2D eigenvalue weighted by Gasteiger charge is -2.28. The second-order valence-corrected chi connectivity index (χ2v) is 6.34. The number of carbonyl (C=O) groups excluding carboxylic acids is 1. The monoisotopic (exact) mass is 303 g/mol. The summed E-state index contributed by atoms with van der Waals surface area (Å²) in [6, 6.07) is 0. The van der Waals surface area contributed by atoms with Gasteiger partial charge in [0.15, 0.2) is 5.03 Å². The number of carbonyl (C=O) groups is 1. The van der Waals surface area contributed by atoms with Crippen molar-refractivity contribution in [2.75, 3.05) is 19.7 Å². The van der Waals surface area contributed by atoms with Crippen LogP contribution in [0.1, 0.15) is 30.1 Å². The van der Waals surface area contributed by atoms with Gasteiger partial charge in [0.2, 0.25) is 0 Å². The second-order valence-electron chi connectivity index (χ2n) is 4.47. The van der Waals surface area contributed by atoms with E-state index in [0.717, 1.165) is 6.20 Å². The number of aromatic nitrogens is 2. The minimum atomic E-state index is -3.83. The summed E-state index contributed by atoms with van der Waals surface area (Å²) in [7, 11) is -3.83. The predicted molar refractivity (Wildman–Crippen MR) is 68.5 cm³/mol. The molecule has 0 aromatic carbocycles. The van der Waals surface area contributed by atoms with E-state index in [9.17, 15) is 18.3 Å². The van der Waals surface area contributed by atoms with Crippen LogP contribution < -0.4 is 0 Å². The molecule has 0 atom stereocenters. The van der Waals surface area contributed by atoms with Crippen LogP contribution in [-0.4, -0.2) is 59.8 Å². The van der Waals surface area contributed by atoms with Crippen molar-refractivity contribution in [1.82, 2.24) is 14.5 Å². The fourth-order valence-electron chi connectivity index (χ4n) is 2.04. The average molecular weight is 303 g/mol. The highest BCUT2D eigenvalue weighted by Crippen LogP contribution is 2.22. The van der Waals surface area contributed by atoms with Crippen LogP contribution in [0.4, 0.5) is 0 Å². The van der Waals surface area contributed by atoms with Gasteiger partial charge in [0.05, 0.1) is 18.9 Å². The smallest absolute Gasteiger partial charge is 0.342 e. The number of hydrogen-bond acceptors (Lipinski definition) is 6. The number of aliphatic hydroxyl groups excluding tert-OH is 1. The molecule has 8 nitrogen and oxygen atoms in total. The Morgan fingerprint density at radius 3 is 2.80 bits per heavy atom. The molecule has 0 spiro atoms. The Hall–Kier alpha value is -1.45. The van der Waals surface area contributed by atoms with Gasteiger partial charge in [-0.2, -0.15) is 9.40 Å². The third kappa shape index (κ3) is 2.84. The molecular weight excluding hydrogens is 286 g/mol. The molecular formula is C11H17N3O5S. The van der Waals surface area contributed by atoms with Crippen molar-refractivity contribution in [3.63, 3.8) is 0 Å². The number of sulfonamides is 1. The fourth-order valence-corrected chi connectivity index (χ4v) is 3.57. The molecule has 1 aromatic heterocycles. The summed E-state index contributed by atoms with van der Waals surface area (Å²) < 4.78 is 30.9. The summed E-state index contributed by atoms with van der Waals surface area (Å²) in [5.74, 6) is -0.725. The fraction of sp³-hybridized carbons (Fsp3) is 0.636. The maximum atomic E-state index is 12.4. The Bertz CT molecular complexity index is 575. The summed E-state index contributed by atoms with van der Waals surface area (Å²) in [6.45, 7) is 2.22. The molecule has 20 heavy (non-hydrogen) atoms. The standard InChI is InChI=1S/C11H17N3O5S/c1-2-19-11(16)9-7-12-13-10(9)20(17,18)14-5-3-8(15)4-6-14/h7-8,15H,2-6H2,1H3,(H,12,13). The van der Waals surface area contributed by atoms with Gasteiger partial charge < -0.3 is 9.84 Å². The third-order valence-electron chi connectivity index (χ3n) is 3.12. The van der Waals surface area contributed by atoms with E-state index in [0.29, 0.717) is 12.8 Å². The first-order chi connectivity index (χ1) is 9.46. The lowest BCUT2D eigenvalue weighted by molar-refractivity contribution is 0.0521. The summed E-state index contributed by atoms with van der Waals surface area (Å²) in [5, 5.41) is 15.1. The number of H-pyrrole nitrogens is 1. The summed E-state index contributed by atoms with van der Waals surface area (Å²) in [6.07, 6.45) is 1.42. The zero-order chi connectivity index (χ0) is 14.8. The topological polar surface area (TPSA) is 113 Å². The van der Waals surface area contributed by atoms with Crippen molar-refractivity contribution in [2.45, 2.75) is 30.9 Å². The molecule has 1 aliphatic heterocycles. The van der Waals surface area contributed by atoms with Crippen LogP contribution in [0.2, 0.25) is 0 Å². The van der Waals surface area contributed by atoms with E-state index in [2.05, 4.69) is 10.2 Å². The number of esters is 1. The number of nitrogens with one attached hydrogen (secondary N) is 1. The Kier molecular flexibility index (Phi) is 4.41. The molecule has 2 heterocycles. The van der Waals surface area contributed by atoms with Crippen molar-refractivity contribution in [1.29, 1.82) is 0 Å². The second kappa shape index (κ2) is 5.90. The first kappa shape index (κ1) is 14.9. The van der Waals surface area contributed by atoms with Crippen molar-refractivity contribution in [2.24, 2.45) is 0 Å². The molecule has 0 bridgehead atoms.